The van der Waals surface area contributed by atoms with Gasteiger partial charge in [-0.25, -0.2) is 9.37 Å². The number of nitrogens with zero attached hydrogens (tertiary/aromatic N) is 1. The van der Waals surface area contributed by atoms with E-state index in [1.807, 2.05) is 6.92 Å². The summed E-state index contributed by atoms with van der Waals surface area (Å²) in [5.74, 6) is -0.0738. The molecule has 1 aromatic heterocycles. The molecule has 2 aromatic carbocycles. The fourth-order valence-corrected chi connectivity index (χ4v) is 4.55. The smallest absolute Gasteiger partial charge is 0.316 e. The second-order valence-corrected chi connectivity index (χ2v) is 9.47. The molecule has 0 saturated heterocycles. The van der Waals surface area contributed by atoms with Crippen molar-refractivity contribution < 1.29 is 32.9 Å². The normalized spacial score (nSPS) is 11.5. The predicted octanol–water partition coefficient (Wildman–Crippen LogP) is 5.40. The fraction of sp³-hybridized carbons (Fsp3) is 0.292. The number of hydrogen-bond donors (Lipinski definition) is 1. The molecule has 1 heterocycles. The van der Waals surface area contributed by atoms with E-state index in [1.54, 1.807) is 38.4 Å². The quantitative estimate of drug-likeness (QED) is 0.251. The van der Waals surface area contributed by atoms with Crippen LogP contribution in [0.3, 0.4) is 0 Å². The maximum Gasteiger partial charge on any atom is 0.316 e. The number of thiazole rings is 1. The van der Waals surface area contributed by atoms with Crippen molar-refractivity contribution in [3.63, 3.8) is 0 Å². The van der Waals surface area contributed by atoms with Crippen molar-refractivity contribution in [2.75, 3.05) is 31.4 Å². The van der Waals surface area contributed by atoms with Gasteiger partial charge in [-0.15, -0.1) is 11.8 Å². The molecule has 0 aliphatic heterocycles. The van der Waals surface area contributed by atoms with Crippen molar-refractivity contribution in [2.24, 2.45) is 0 Å². The fourth-order valence-electron chi connectivity index (χ4n) is 2.88. The molecule has 1 atom stereocenters. The van der Waals surface area contributed by atoms with Gasteiger partial charge in [0, 0.05) is 24.8 Å². The molecule has 35 heavy (non-hydrogen) atoms. The van der Waals surface area contributed by atoms with Crippen molar-refractivity contribution in [3.05, 3.63) is 60.0 Å². The first-order valence-corrected chi connectivity index (χ1v) is 12.5. The predicted molar refractivity (Wildman–Crippen MR) is 132 cm³/mol. The molecule has 11 heteroatoms. The Kier molecular flexibility index (Phi) is 9.88. The Morgan fingerprint density at radius 2 is 1.97 bits per heavy atom. The van der Waals surface area contributed by atoms with Crippen molar-refractivity contribution in [3.8, 4) is 17.2 Å². The van der Waals surface area contributed by atoms with Crippen LogP contribution in [0.1, 0.15) is 24.2 Å². The summed E-state index contributed by atoms with van der Waals surface area (Å²) in [5.41, 5.74) is 0.259. The number of hydrogen-bond acceptors (Lipinski definition) is 9. The molecule has 3 rings (SSSR count). The van der Waals surface area contributed by atoms with Gasteiger partial charge in [0.15, 0.2) is 5.13 Å². The molecular weight excluding hydrogens is 495 g/mol. The molecule has 1 amide bonds. The number of aromatic nitrogens is 1. The number of ether oxygens (including phenoxy) is 4. The lowest BCUT2D eigenvalue weighted by molar-refractivity contribution is -0.139. The third kappa shape index (κ3) is 8.53. The molecule has 0 bridgehead atoms. The lowest BCUT2D eigenvalue weighted by Gasteiger charge is -2.16. The monoisotopic (exact) mass is 520 g/mol. The lowest BCUT2D eigenvalue weighted by Crippen LogP contribution is -2.18. The van der Waals surface area contributed by atoms with Crippen LogP contribution in [-0.2, 0) is 14.3 Å². The third-order valence-electron chi connectivity index (χ3n) is 4.26. The number of carbonyl (C=O) groups is 2. The van der Waals surface area contributed by atoms with Gasteiger partial charge < -0.3 is 18.9 Å². The second kappa shape index (κ2) is 13.1. The number of benzene rings is 2. The van der Waals surface area contributed by atoms with Crippen LogP contribution in [-0.4, -0.2) is 49.0 Å². The molecule has 8 nitrogen and oxygen atoms in total. The highest BCUT2D eigenvalue weighted by atomic mass is 32.2. The summed E-state index contributed by atoms with van der Waals surface area (Å²) < 4.78 is 36.0. The third-order valence-corrected chi connectivity index (χ3v) is 6.34. The number of amides is 1. The van der Waals surface area contributed by atoms with Gasteiger partial charge in [0.2, 0.25) is 0 Å². The summed E-state index contributed by atoms with van der Waals surface area (Å²) in [7, 11) is 1.57. The van der Waals surface area contributed by atoms with Gasteiger partial charge in [-0.05, 0) is 38.1 Å². The molecule has 0 aliphatic rings. The van der Waals surface area contributed by atoms with Crippen LogP contribution in [0.4, 0.5) is 9.52 Å². The molecule has 186 valence electrons. The zero-order valence-electron chi connectivity index (χ0n) is 19.4. The molecule has 0 fully saturated rings. The van der Waals surface area contributed by atoms with E-state index in [-0.39, 0.29) is 29.1 Å². The number of rotatable bonds is 12. The van der Waals surface area contributed by atoms with E-state index < -0.39 is 11.7 Å². The van der Waals surface area contributed by atoms with Gasteiger partial charge in [-0.2, -0.15) is 0 Å². The van der Waals surface area contributed by atoms with Crippen molar-refractivity contribution in [1.82, 2.24) is 4.98 Å². The number of esters is 1. The maximum absolute atomic E-state index is 13.6. The number of thioether (sulfide) groups is 1. The van der Waals surface area contributed by atoms with E-state index in [4.69, 9.17) is 18.9 Å². The SMILES string of the molecule is CCOC(=O)CSc1cnc(NC(=O)c2cc(Oc3cccc(F)c3)cc(O[C@@H](C)COC)c2)s1. The van der Waals surface area contributed by atoms with Gasteiger partial charge in [-0.1, -0.05) is 17.4 Å². The number of halogens is 1. The van der Waals surface area contributed by atoms with Crippen molar-refractivity contribution in [1.29, 1.82) is 0 Å². The van der Waals surface area contributed by atoms with E-state index in [2.05, 4.69) is 10.3 Å². The Bertz CT molecular complexity index is 1160. The molecule has 0 aliphatic carbocycles. The van der Waals surface area contributed by atoms with E-state index in [1.165, 1.54) is 47.4 Å². The number of methoxy groups -OCH3 is 1. The molecule has 3 aromatic rings. The first-order valence-electron chi connectivity index (χ1n) is 10.7. The highest BCUT2D eigenvalue weighted by molar-refractivity contribution is 8.01. The summed E-state index contributed by atoms with van der Waals surface area (Å²) in [5, 5.41) is 3.11. The van der Waals surface area contributed by atoms with Gasteiger partial charge in [0.25, 0.3) is 5.91 Å². The van der Waals surface area contributed by atoms with Crippen LogP contribution in [0.25, 0.3) is 0 Å². The van der Waals surface area contributed by atoms with E-state index >= 15 is 0 Å². The van der Waals surface area contributed by atoms with Gasteiger partial charge >= 0.3 is 5.97 Å². The van der Waals surface area contributed by atoms with Crippen LogP contribution < -0.4 is 14.8 Å². The summed E-state index contributed by atoms with van der Waals surface area (Å²) in [6, 6.07) is 10.4. The van der Waals surface area contributed by atoms with E-state index in [9.17, 15) is 14.0 Å². The first-order chi connectivity index (χ1) is 16.9. The Morgan fingerprint density at radius 3 is 2.71 bits per heavy atom. The zero-order chi connectivity index (χ0) is 25.2. The standard InChI is InChI=1S/C24H25FN2O6S2/c1-4-31-21(28)14-34-22-12-26-24(35-22)27-23(29)16-8-19(32-15(2)13-30-3)11-20(9-16)33-18-7-5-6-17(25)10-18/h5-12,15H,4,13-14H2,1-3H3,(H,26,27,29)/t15-/m0/s1. The average Bonchev–Trinajstić information content (AvgIpc) is 3.25. The Balaban J connectivity index is 1.76. The summed E-state index contributed by atoms with van der Waals surface area (Å²) in [4.78, 5) is 28.7. The number of nitrogens with one attached hydrogen (secondary N) is 1. The van der Waals surface area contributed by atoms with Crippen molar-refractivity contribution >= 4 is 40.1 Å². The lowest BCUT2D eigenvalue weighted by atomic mass is 10.2. The minimum atomic E-state index is -0.443. The summed E-state index contributed by atoms with van der Waals surface area (Å²) >= 11 is 2.52. The molecular formula is C24H25FN2O6S2. The average molecular weight is 521 g/mol. The van der Waals surface area contributed by atoms with Crippen LogP contribution in [0, 0.1) is 5.82 Å². The van der Waals surface area contributed by atoms with Gasteiger partial charge in [0.1, 0.15) is 29.2 Å². The topological polar surface area (TPSA) is 96.0 Å². The minimum absolute atomic E-state index is 0.156. The van der Waals surface area contributed by atoms with Gasteiger partial charge in [-0.3, -0.25) is 14.9 Å². The second-order valence-electron chi connectivity index (χ2n) is 7.17. The minimum Gasteiger partial charge on any atom is -0.488 e. The Hall–Kier alpha value is -3.15. The van der Waals surface area contributed by atoms with E-state index in [0.29, 0.717) is 29.8 Å². The summed E-state index contributed by atoms with van der Waals surface area (Å²) in [6.45, 7) is 4.24. The Morgan fingerprint density at radius 1 is 1.17 bits per heavy atom. The highest BCUT2D eigenvalue weighted by Gasteiger charge is 2.15. The van der Waals surface area contributed by atoms with E-state index in [0.717, 1.165) is 4.21 Å². The van der Waals surface area contributed by atoms with Crippen LogP contribution in [0.2, 0.25) is 0 Å². The Labute approximate surface area is 210 Å². The number of carbonyl (C=O) groups excluding carboxylic acids is 2. The zero-order valence-corrected chi connectivity index (χ0v) is 21.0. The number of anilines is 1. The summed E-state index contributed by atoms with van der Waals surface area (Å²) in [6.07, 6.45) is 1.30. The van der Waals surface area contributed by atoms with Crippen molar-refractivity contribution in [2.45, 2.75) is 24.2 Å². The van der Waals surface area contributed by atoms with Crippen LogP contribution in [0.15, 0.2) is 52.9 Å². The largest absolute Gasteiger partial charge is 0.488 e. The first kappa shape index (κ1) is 26.5. The molecule has 0 spiro atoms. The van der Waals surface area contributed by atoms with Gasteiger partial charge in [0.05, 0.1) is 29.4 Å². The molecule has 0 radical (unpaired) electrons. The molecule has 0 unspecified atom stereocenters. The highest BCUT2D eigenvalue weighted by Crippen LogP contribution is 2.31. The maximum atomic E-state index is 13.6. The van der Waals surface area contributed by atoms with Crippen LogP contribution in [0.5, 0.6) is 17.2 Å². The molecule has 0 saturated carbocycles. The van der Waals surface area contributed by atoms with Crippen LogP contribution >= 0.6 is 23.1 Å². The molecule has 1 N–H and O–H groups in total.